The van der Waals surface area contributed by atoms with Gasteiger partial charge in [0.15, 0.2) is 11.4 Å². The number of fused-ring (bicyclic) bond motifs is 2. The summed E-state index contributed by atoms with van der Waals surface area (Å²) in [6.07, 6.45) is 6.31. The normalized spacial score (nSPS) is 20.8. The molecule has 5 heterocycles. The topological polar surface area (TPSA) is 109 Å². The summed E-state index contributed by atoms with van der Waals surface area (Å²) in [5.41, 5.74) is 1.38. The molecule has 1 fully saturated rings. The van der Waals surface area contributed by atoms with Crippen LogP contribution in [0.5, 0.6) is 5.75 Å². The van der Waals surface area contributed by atoms with Gasteiger partial charge in [-0.05, 0) is 19.9 Å². The fourth-order valence-electron chi connectivity index (χ4n) is 4.25. The molecular weight excluding hydrogens is 372 g/mol. The SMILES string of the molecule is CC(C)n1cc2c(n1)C(O)CC1(CCN(C(=O)c3cnc4[nH]ncc4c3)CC1)O2. The van der Waals surface area contributed by atoms with Crippen molar-refractivity contribution in [1.82, 2.24) is 29.9 Å². The molecule has 1 saturated heterocycles. The van der Waals surface area contributed by atoms with Crippen LogP contribution in [0.1, 0.15) is 61.3 Å². The molecule has 1 unspecified atom stereocenters. The number of hydrogen-bond donors (Lipinski definition) is 2. The maximum absolute atomic E-state index is 12.9. The Balaban J connectivity index is 1.31. The van der Waals surface area contributed by atoms with Crippen LogP contribution in [0, 0.1) is 0 Å². The number of amides is 1. The highest BCUT2D eigenvalue weighted by Crippen LogP contribution is 2.44. The molecule has 29 heavy (non-hydrogen) atoms. The third-order valence-electron chi connectivity index (χ3n) is 5.96. The molecule has 5 rings (SSSR count). The Morgan fingerprint density at radius 2 is 2.14 bits per heavy atom. The number of nitrogens with one attached hydrogen (secondary N) is 1. The Bertz CT molecular complexity index is 1060. The summed E-state index contributed by atoms with van der Waals surface area (Å²) in [5.74, 6) is 0.618. The molecule has 0 aliphatic carbocycles. The van der Waals surface area contributed by atoms with Gasteiger partial charge < -0.3 is 14.7 Å². The molecule has 2 aliphatic rings. The van der Waals surface area contributed by atoms with E-state index in [1.807, 2.05) is 35.7 Å². The number of pyridine rings is 1. The smallest absolute Gasteiger partial charge is 0.255 e. The lowest BCUT2D eigenvalue weighted by Gasteiger charge is -2.44. The number of hydrogen-bond acceptors (Lipinski definition) is 6. The quantitative estimate of drug-likeness (QED) is 0.687. The van der Waals surface area contributed by atoms with Crippen molar-refractivity contribution in [3.63, 3.8) is 0 Å². The monoisotopic (exact) mass is 396 g/mol. The maximum atomic E-state index is 12.9. The van der Waals surface area contributed by atoms with Crippen LogP contribution >= 0.6 is 0 Å². The highest BCUT2D eigenvalue weighted by molar-refractivity contribution is 5.96. The number of carbonyl (C=O) groups is 1. The van der Waals surface area contributed by atoms with Gasteiger partial charge in [-0.15, -0.1) is 0 Å². The molecule has 2 N–H and O–H groups in total. The first-order valence-corrected chi connectivity index (χ1v) is 9.99. The number of rotatable bonds is 2. The van der Waals surface area contributed by atoms with Gasteiger partial charge in [0.05, 0.1) is 18.0 Å². The first-order valence-electron chi connectivity index (χ1n) is 9.99. The van der Waals surface area contributed by atoms with Crippen LogP contribution in [0.15, 0.2) is 24.7 Å². The van der Waals surface area contributed by atoms with Crippen molar-refractivity contribution in [3.8, 4) is 5.75 Å². The molecule has 2 aliphatic heterocycles. The van der Waals surface area contributed by atoms with Crippen LogP contribution in [0.2, 0.25) is 0 Å². The number of aromatic nitrogens is 5. The number of piperidine rings is 1. The number of nitrogens with zero attached hydrogens (tertiary/aromatic N) is 5. The lowest BCUT2D eigenvalue weighted by Crippen LogP contribution is -2.51. The summed E-state index contributed by atoms with van der Waals surface area (Å²) in [6, 6.07) is 2.01. The second kappa shape index (κ2) is 6.55. The van der Waals surface area contributed by atoms with Gasteiger partial charge in [-0.3, -0.25) is 14.6 Å². The van der Waals surface area contributed by atoms with E-state index in [0.717, 1.165) is 5.39 Å². The van der Waals surface area contributed by atoms with Gasteiger partial charge in [-0.1, -0.05) is 0 Å². The summed E-state index contributed by atoms with van der Waals surface area (Å²) in [4.78, 5) is 19.0. The third kappa shape index (κ3) is 3.05. The van der Waals surface area contributed by atoms with Crippen molar-refractivity contribution in [2.45, 2.75) is 50.9 Å². The van der Waals surface area contributed by atoms with Crippen LogP contribution in [-0.2, 0) is 0 Å². The van der Waals surface area contributed by atoms with Crippen molar-refractivity contribution in [2.75, 3.05) is 13.1 Å². The van der Waals surface area contributed by atoms with Crippen molar-refractivity contribution in [3.05, 3.63) is 35.9 Å². The summed E-state index contributed by atoms with van der Waals surface area (Å²) < 4.78 is 8.16. The lowest BCUT2D eigenvalue weighted by molar-refractivity contribution is -0.0504. The van der Waals surface area contributed by atoms with E-state index in [4.69, 9.17) is 4.74 Å². The second-order valence-electron chi connectivity index (χ2n) is 8.28. The summed E-state index contributed by atoms with van der Waals surface area (Å²) >= 11 is 0. The molecule has 3 aromatic heterocycles. The Morgan fingerprint density at radius 3 is 2.90 bits per heavy atom. The van der Waals surface area contributed by atoms with Crippen LogP contribution in [0.4, 0.5) is 0 Å². The Morgan fingerprint density at radius 1 is 1.34 bits per heavy atom. The zero-order valence-electron chi connectivity index (χ0n) is 16.5. The van der Waals surface area contributed by atoms with Gasteiger partial charge in [0.2, 0.25) is 0 Å². The van der Waals surface area contributed by atoms with Crippen LogP contribution in [0.25, 0.3) is 11.0 Å². The van der Waals surface area contributed by atoms with Crippen LogP contribution < -0.4 is 4.74 Å². The fraction of sp³-hybridized carbons (Fsp3) is 0.500. The standard InChI is InChI=1S/C20H24N6O3/c1-12(2)26-11-16-17(24-26)15(27)8-20(29-16)3-5-25(6-4-20)19(28)14-7-13-10-22-23-18(13)21-9-14/h7,9-12,15,27H,3-6,8H2,1-2H3,(H,21,22,23). The first kappa shape index (κ1) is 18.1. The van der Waals surface area contributed by atoms with Crippen molar-refractivity contribution in [1.29, 1.82) is 0 Å². The number of ether oxygens (including phenoxy) is 1. The number of aliphatic hydroxyl groups is 1. The van der Waals surface area contributed by atoms with E-state index >= 15 is 0 Å². The van der Waals surface area contributed by atoms with E-state index in [9.17, 15) is 9.90 Å². The largest absolute Gasteiger partial charge is 0.483 e. The van der Waals surface area contributed by atoms with E-state index in [1.165, 1.54) is 0 Å². The molecule has 1 spiro atoms. The Labute approximate surface area is 167 Å². The predicted molar refractivity (Wildman–Crippen MR) is 105 cm³/mol. The number of carbonyl (C=O) groups excluding carboxylic acids is 1. The Kier molecular flexibility index (Phi) is 4.09. The molecule has 3 aromatic rings. The number of H-pyrrole nitrogens is 1. The molecule has 0 aromatic carbocycles. The molecular formula is C20H24N6O3. The van der Waals surface area contributed by atoms with Gasteiger partial charge in [-0.2, -0.15) is 10.2 Å². The molecule has 0 bridgehead atoms. The van der Waals surface area contributed by atoms with Gasteiger partial charge in [0, 0.05) is 50.0 Å². The molecule has 0 radical (unpaired) electrons. The van der Waals surface area contributed by atoms with Crippen molar-refractivity contribution < 1.29 is 14.6 Å². The number of aromatic amines is 1. The molecule has 9 nitrogen and oxygen atoms in total. The average Bonchev–Trinajstić information content (AvgIpc) is 3.34. The summed E-state index contributed by atoms with van der Waals surface area (Å²) in [6.45, 7) is 5.23. The zero-order valence-corrected chi connectivity index (χ0v) is 16.5. The minimum absolute atomic E-state index is 0.0416. The van der Waals surface area contributed by atoms with Gasteiger partial charge in [0.25, 0.3) is 5.91 Å². The van der Waals surface area contributed by atoms with Gasteiger partial charge >= 0.3 is 0 Å². The predicted octanol–water partition coefficient (Wildman–Crippen LogP) is 2.23. The minimum atomic E-state index is -0.645. The van der Waals surface area contributed by atoms with Gasteiger partial charge in [0.1, 0.15) is 17.4 Å². The molecule has 0 saturated carbocycles. The fourth-order valence-corrected chi connectivity index (χ4v) is 4.25. The van der Waals surface area contributed by atoms with E-state index in [2.05, 4.69) is 20.3 Å². The first-order chi connectivity index (χ1) is 13.9. The Hall–Kier alpha value is -2.94. The minimum Gasteiger partial charge on any atom is -0.483 e. The van der Waals surface area contributed by atoms with Crippen LogP contribution in [0.3, 0.4) is 0 Å². The van der Waals surface area contributed by atoms with E-state index in [0.29, 0.717) is 55.0 Å². The number of likely N-dealkylation sites (tertiary alicyclic amines) is 1. The lowest BCUT2D eigenvalue weighted by atomic mass is 9.83. The summed E-state index contributed by atoms with van der Waals surface area (Å²) in [7, 11) is 0. The highest BCUT2D eigenvalue weighted by Gasteiger charge is 2.45. The molecule has 9 heteroatoms. The van der Waals surface area contributed by atoms with Gasteiger partial charge in [-0.25, -0.2) is 4.98 Å². The van der Waals surface area contributed by atoms with E-state index in [1.54, 1.807) is 12.4 Å². The molecule has 1 amide bonds. The molecule has 152 valence electrons. The van der Waals surface area contributed by atoms with Crippen molar-refractivity contribution in [2.24, 2.45) is 0 Å². The van der Waals surface area contributed by atoms with Crippen molar-refractivity contribution >= 4 is 16.9 Å². The number of aliphatic hydroxyl groups excluding tert-OH is 1. The highest BCUT2D eigenvalue weighted by atomic mass is 16.5. The summed E-state index contributed by atoms with van der Waals surface area (Å²) in [5, 5.41) is 22.7. The third-order valence-corrected chi connectivity index (χ3v) is 5.96. The maximum Gasteiger partial charge on any atom is 0.255 e. The zero-order chi connectivity index (χ0) is 20.2. The van der Waals surface area contributed by atoms with E-state index < -0.39 is 11.7 Å². The molecule has 1 atom stereocenters. The van der Waals surface area contributed by atoms with E-state index in [-0.39, 0.29) is 11.9 Å². The second-order valence-corrected chi connectivity index (χ2v) is 8.28. The average molecular weight is 396 g/mol. The van der Waals surface area contributed by atoms with Crippen LogP contribution in [-0.4, -0.2) is 59.6 Å².